The molecule has 1 aliphatic rings. The van der Waals surface area contributed by atoms with E-state index in [-0.39, 0.29) is 41.9 Å². The number of Topliss-reactive ketones (excluding diaryl/α,β-unsaturated/α-hetero) is 1. The van der Waals surface area contributed by atoms with Gasteiger partial charge in [-0.25, -0.2) is 14.8 Å². The molecular formula is C23H22N6O5S. The number of aromatic nitrogens is 5. The number of carboxylic acids is 1. The minimum absolute atomic E-state index is 0.0255. The molecule has 0 bridgehead atoms. The Morgan fingerprint density at radius 1 is 1.23 bits per heavy atom. The smallest absolute Gasteiger partial charge is 0.341 e. The quantitative estimate of drug-likeness (QED) is 0.405. The average molecular weight is 495 g/mol. The number of carbonyl (C=O) groups is 2. The molecule has 11 nitrogen and oxygen atoms in total. The van der Waals surface area contributed by atoms with Crippen molar-refractivity contribution in [1.29, 1.82) is 0 Å². The van der Waals surface area contributed by atoms with Crippen LogP contribution in [0, 0.1) is 13.8 Å². The van der Waals surface area contributed by atoms with E-state index in [0.29, 0.717) is 22.2 Å². The van der Waals surface area contributed by atoms with E-state index in [9.17, 15) is 24.6 Å². The van der Waals surface area contributed by atoms with Gasteiger partial charge in [0.1, 0.15) is 11.4 Å². The zero-order valence-corrected chi connectivity index (χ0v) is 20.0. The normalized spacial score (nSPS) is 14.8. The maximum Gasteiger partial charge on any atom is 0.341 e. The van der Waals surface area contributed by atoms with Gasteiger partial charge in [-0.05, 0) is 31.5 Å². The van der Waals surface area contributed by atoms with E-state index in [4.69, 9.17) is 0 Å². The van der Waals surface area contributed by atoms with Gasteiger partial charge in [0.25, 0.3) is 0 Å². The molecule has 1 saturated heterocycles. The number of aliphatic hydroxyl groups is 1. The van der Waals surface area contributed by atoms with Crippen molar-refractivity contribution >= 4 is 39.9 Å². The molecule has 4 aromatic rings. The first kappa shape index (κ1) is 22.9. The lowest BCUT2D eigenvalue weighted by molar-refractivity contribution is -0.139. The Balaban J connectivity index is 1.49. The van der Waals surface area contributed by atoms with Gasteiger partial charge in [0.05, 0.1) is 30.6 Å². The number of carbonyl (C=O) groups excluding carboxylic acids is 1. The molecule has 5 heterocycles. The van der Waals surface area contributed by atoms with Crippen LogP contribution < -0.4 is 10.3 Å². The molecule has 0 unspecified atom stereocenters. The van der Waals surface area contributed by atoms with Gasteiger partial charge in [0, 0.05) is 30.5 Å². The van der Waals surface area contributed by atoms with Gasteiger partial charge in [-0.1, -0.05) is 0 Å². The third-order valence-corrected chi connectivity index (χ3v) is 7.02. The highest BCUT2D eigenvalue weighted by molar-refractivity contribution is 7.12. The second-order valence-electron chi connectivity index (χ2n) is 8.75. The van der Waals surface area contributed by atoms with Crippen molar-refractivity contribution in [2.24, 2.45) is 7.05 Å². The Morgan fingerprint density at radius 2 is 1.97 bits per heavy atom. The first-order chi connectivity index (χ1) is 16.6. The van der Waals surface area contributed by atoms with Crippen LogP contribution in [-0.2, 0) is 18.3 Å². The van der Waals surface area contributed by atoms with Crippen LogP contribution in [0.15, 0.2) is 34.7 Å². The van der Waals surface area contributed by atoms with Gasteiger partial charge in [-0.15, -0.1) is 11.3 Å². The molecule has 2 N–H and O–H groups in total. The lowest BCUT2D eigenvalue weighted by Crippen LogP contribution is -2.67. The Morgan fingerprint density at radius 3 is 2.57 bits per heavy atom. The molecular weight excluding hydrogens is 472 g/mol. The maximum absolute atomic E-state index is 12.9. The Hall–Kier alpha value is -3.90. The van der Waals surface area contributed by atoms with Crippen LogP contribution in [0.1, 0.15) is 27.3 Å². The molecule has 0 saturated carbocycles. The number of β-amino-alcohol motifs (C(OH)–C–C–N with tert-alkyl or cyclic N) is 1. The second kappa shape index (κ2) is 8.10. The monoisotopic (exact) mass is 494 g/mol. The fraction of sp³-hybridized carbons (Fsp3) is 0.304. The number of hydrogen-bond donors (Lipinski definition) is 2. The number of aryl methyl sites for hydroxylation is 3. The van der Waals surface area contributed by atoms with Crippen molar-refractivity contribution in [1.82, 2.24) is 24.3 Å². The number of ketones is 1. The lowest BCUT2D eigenvalue weighted by atomic mass is 9.87. The van der Waals surface area contributed by atoms with Gasteiger partial charge in [0.15, 0.2) is 22.2 Å². The summed E-state index contributed by atoms with van der Waals surface area (Å²) in [5, 5.41) is 27.1. The van der Waals surface area contributed by atoms with Gasteiger partial charge < -0.3 is 15.1 Å². The number of carboxylic acid groups (broad SMARTS) is 1. The third kappa shape index (κ3) is 3.80. The second-order valence-corrected chi connectivity index (χ2v) is 9.62. The predicted molar refractivity (Wildman–Crippen MR) is 129 cm³/mol. The van der Waals surface area contributed by atoms with E-state index in [1.54, 1.807) is 41.2 Å². The molecule has 0 aliphatic carbocycles. The molecule has 1 fully saturated rings. The molecule has 0 atom stereocenters. The minimum Gasteiger partial charge on any atom is -0.477 e. The maximum atomic E-state index is 12.9. The largest absolute Gasteiger partial charge is 0.477 e. The summed E-state index contributed by atoms with van der Waals surface area (Å²) in [6.07, 6.45) is 2.83. The van der Waals surface area contributed by atoms with Crippen molar-refractivity contribution in [2.75, 3.05) is 18.0 Å². The molecule has 12 heteroatoms. The molecule has 0 amide bonds. The van der Waals surface area contributed by atoms with E-state index in [1.807, 2.05) is 13.0 Å². The van der Waals surface area contributed by atoms with Gasteiger partial charge in [-0.2, -0.15) is 5.10 Å². The summed E-state index contributed by atoms with van der Waals surface area (Å²) in [5.74, 6) is -1.19. The van der Waals surface area contributed by atoms with Crippen LogP contribution in [-0.4, -0.2) is 65.0 Å². The standard InChI is InChI=1S/C23H22N6O5S/c1-12-6-17(28-10-23(34,11-28)16(30)8-14-7-13(2)27(3)26-14)25-20-18(12)19(31)15(21(32)33)9-29(20)22-24-4-5-35-22/h4-7,9,34H,8,10-11H2,1-3H3,(H,32,33). The molecule has 180 valence electrons. The number of aromatic carboxylic acids is 1. The first-order valence-electron chi connectivity index (χ1n) is 10.8. The van der Waals surface area contributed by atoms with Crippen molar-refractivity contribution in [2.45, 2.75) is 25.9 Å². The summed E-state index contributed by atoms with van der Waals surface area (Å²) in [7, 11) is 1.79. The third-order valence-electron chi connectivity index (χ3n) is 6.25. The SMILES string of the molecule is Cc1cc(N2CC(O)(C(=O)Cc3cc(C)n(C)n3)C2)nc2c1c(=O)c(C(=O)O)cn2-c1nccs1. The van der Waals surface area contributed by atoms with Gasteiger partial charge in [-0.3, -0.25) is 18.8 Å². The number of fused-ring (bicyclic) bond motifs is 1. The van der Waals surface area contributed by atoms with Crippen LogP contribution in [0.4, 0.5) is 5.82 Å². The van der Waals surface area contributed by atoms with E-state index in [2.05, 4.69) is 15.1 Å². The Labute approximate surface area is 202 Å². The molecule has 0 radical (unpaired) electrons. The first-order valence-corrected chi connectivity index (χ1v) is 11.7. The Kier molecular flexibility index (Phi) is 5.29. The van der Waals surface area contributed by atoms with Gasteiger partial charge in [0.2, 0.25) is 5.43 Å². The molecule has 5 rings (SSSR count). The lowest BCUT2D eigenvalue weighted by Gasteiger charge is -2.46. The number of thiazole rings is 1. The average Bonchev–Trinajstić information content (AvgIpc) is 3.41. The zero-order valence-electron chi connectivity index (χ0n) is 19.2. The molecule has 4 aromatic heterocycles. The van der Waals surface area contributed by atoms with E-state index in [1.165, 1.54) is 22.1 Å². The molecule has 35 heavy (non-hydrogen) atoms. The molecule has 0 spiro atoms. The predicted octanol–water partition coefficient (Wildman–Crippen LogP) is 1.25. The topological polar surface area (TPSA) is 143 Å². The van der Waals surface area contributed by atoms with Crippen molar-refractivity contribution < 1.29 is 19.8 Å². The number of pyridine rings is 2. The summed E-state index contributed by atoms with van der Waals surface area (Å²) in [6, 6.07) is 3.48. The van der Waals surface area contributed by atoms with Crippen LogP contribution in [0.25, 0.3) is 16.2 Å². The minimum atomic E-state index is -1.53. The Bertz CT molecular complexity index is 1530. The summed E-state index contributed by atoms with van der Waals surface area (Å²) < 4.78 is 3.17. The van der Waals surface area contributed by atoms with Crippen molar-refractivity contribution in [3.05, 3.63) is 62.6 Å². The highest BCUT2D eigenvalue weighted by atomic mass is 32.1. The fourth-order valence-electron chi connectivity index (χ4n) is 4.25. The summed E-state index contributed by atoms with van der Waals surface area (Å²) >= 11 is 1.28. The summed E-state index contributed by atoms with van der Waals surface area (Å²) in [5.41, 5.74) is -0.217. The van der Waals surface area contributed by atoms with Crippen LogP contribution in [0.3, 0.4) is 0 Å². The number of rotatable bonds is 6. The number of hydrogen-bond acceptors (Lipinski definition) is 9. The van der Waals surface area contributed by atoms with E-state index in [0.717, 1.165) is 5.69 Å². The van der Waals surface area contributed by atoms with Crippen LogP contribution in [0.5, 0.6) is 0 Å². The van der Waals surface area contributed by atoms with Crippen LogP contribution >= 0.6 is 11.3 Å². The van der Waals surface area contributed by atoms with E-state index >= 15 is 0 Å². The zero-order chi connectivity index (χ0) is 25.1. The highest BCUT2D eigenvalue weighted by Crippen LogP contribution is 2.31. The summed E-state index contributed by atoms with van der Waals surface area (Å²) in [6.45, 7) is 3.68. The van der Waals surface area contributed by atoms with Crippen molar-refractivity contribution in [3.8, 4) is 5.13 Å². The van der Waals surface area contributed by atoms with Crippen molar-refractivity contribution in [3.63, 3.8) is 0 Å². The van der Waals surface area contributed by atoms with Crippen LogP contribution in [0.2, 0.25) is 0 Å². The fourth-order valence-corrected chi connectivity index (χ4v) is 4.86. The number of nitrogens with zero attached hydrogens (tertiary/aromatic N) is 6. The molecule has 1 aliphatic heterocycles. The van der Waals surface area contributed by atoms with E-state index < -0.39 is 17.0 Å². The van der Waals surface area contributed by atoms with Gasteiger partial charge >= 0.3 is 5.97 Å². The number of anilines is 1. The summed E-state index contributed by atoms with van der Waals surface area (Å²) in [4.78, 5) is 48.0. The highest BCUT2D eigenvalue weighted by Gasteiger charge is 2.48. The molecule has 0 aromatic carbocycles.